The third-order valence-corrected chi connectivity index (χ3v) is 1.91. The number of nitrogens with zero attached hydrogens (tertiary/aromatic N) is 1. The van der Waals surface area contributed by atoms with E-state index in [0.717, 1.165) is 10.4 Å². The molecule has 0 aliphatic carbocycles. The van der Waals surface area contributed by atoms with Crippen molar-refractivity contribution in [1.29, 1.82) is 0 Å². The summed E-state index contributed by atoms with van der Waals surface area (Å²) in [6, 6.07) is 4.90. The van der Waals surface area contributed by atoms with Crippen molar-refractivity contribution >= 4 is 18.5 Å². The molecule has 0 aliphatic heterocycles. The van der Waals surface area contributed by atoms with Crippen molar-refractivity contribution in [2.24, 2.45) is 0 Å². The van der Waals surface area contributed by atoms with Crippen LogP contribution in [0.3, 0.4) is 0 Å². The second kappa shape index (κ2) is 4.59. The Balaban J connectivity index is 3.17. The van der Waals surface area contributed by atoms with Crippen molar-refractivity contribution in [2.45, 2.75) is 19.9 Å². The van der Waals surface area contributed by atoms with Crippen LogP contribution in [0.15, 0.2) is 18.2 Å². The molecule has 0 radical (unpaired) electrons. The van der Waals surface area contributed by atoms with Gasteiger partial charge in [-0.1, -0.05) is 6.58 Å². The minimum atomic E-state index is -0.411. The third kappa shape index (κ3) is 3.09. The first kappa shape index (κ1) is 11.2. The standard InChI is InChI=1S/C11H14N2O2/c1-8(2)12-7-10-6-11(13(14)15)5-4-9(10)3/h4-8,12H,3H2,1-2H3/b10-7-. The van der Waals surface area contributed by atoms with Crippen LogP contribution in [-0.4, -0.2) is 11.0 Å². The quantitative estimate of drug-likeness (QED) is 0.586. The second-order valence-corrected chi connectivity index (χ2v) is 3.61. The van der Waals surface area contributed by atoms with E-state index in [1.165, 1.54) is 12.1 Å². The highest BCUT2D eigenvalue weighted by Crippen LogP contribution is 2.02. The maximum Gasteiger partial charge on any atom is 0.270 e. The van der Waals surface area contributed by atoms with Gasteiger partial charge in [0.25, 0.3) is 5.69 Å². The Hall–Kier alpha value is -1.84. The minimum Gasteiger partial charge on any atom is -0.388 e. The summed E-state index contributed by atoms with van der Waals surface area (Å²) in [5.41, 5.74) is 0.0826. The van der Waals surface area contributed by atoms with Crippen LogP contribution < -0.4 is 15.8 Å². The Kier molecular flexibility index (Phi) is 3.44. The van der Waals surface area contributed by atoms with Crippen molar-refractivity contribution in [3.05, 3.63) is 38.8 Å². The highest BCUT2D eigenvalue weighted by atomic mass is 16.6. The van der Waals surface area contributed by atoms with E-state index in [1.54, 1.807) is 12.3 Å². The summed E-state index contributed by atoms with van der Waals surface area (Å²) in [5, 5.41) is 15.2. The lowest BCUT2D eigenvalue weighted by molar-refractivity contribution is -0.385. The van der Waals surface area contributed by atoms with Crippen molar-refractivity contribution in [3.63, 3.8) is 0 Å². The molecule has 0 atom stereocenters. The molecule has 0 aromatic heterocycles. The van der Waals surface area contributed by atoms with Gasteiger partial charge >= 0.3 is 0 Å². The fourth-order valence-corrected chi connectivity index (χ4v) is 1.09. The lowest BCUT2D eigenvalue weighted by Crippen LogP contribution is -2.28. The molecule has 0 amide bonds. The predicted molar refractivity (Wildman–Crippen MR) is 60.6 cm³/mol. The lowest BCUT2D eigenvalue weighted by Gasteiger charge is -2.02. The average Bonchev–Trinajstić information content (AvgIpc) is 2.16. The van der Waals surface area contributed by atoms with E-state index < -0.39 is 4.92 Å². The Morgan fingerprint density at radius 2 is 2.20 bits per heavy atom. The van der Waals surface area contributed by atoms with Crippen LogP contribution in [0.2, 0.25) is 0 Å². The maximum atomic E-state index is 10.6. The Morgan fingerprint density at radius 3 is 2.73 bits per heavy atom. The fraction of sp³-hybridized carbons (Fsp3) is 0.273. The number of non-ortho nitro benzene ring substituents is 1. The molecule has 15 heavy (non-hydrogen) atoms. The zero-order valence-corrected chi connectivity index (χ0v) is 8.86. The van der Waals surface area contributed by atoms with Crippen LogP contribution >= 0.6 is 0 Å². The van der Waals surface area contributed by atoms with Crippen molar-refractivity contribution in [2.75, 3.05) is 0 Å². The zero-order valence-electron chi connectivity index (χ0n) is 8.86. The van der Waals surface area contributed by atoms with Crippen molar-refractivity contribution in [1.82, 2.24) is 5.32 Å². The molecular weight excluding hydrogens is 192 g/mol. The molecule has 4 nitrogen and oxygen atoms in total. The minimum absolute atomic E-state index is 0.0826. The molecule has 0 fully saturated rings. The summed E-state index contributed by atoms with van der Waals surface area (Å²) in [7, 11) is 0. The lowest BCUT2D eigenvalue weighted by atomic mass is 10.2. The summed E-state index contributed by atoms with van der Waals surface area (Å²) in [4.78, 5) is 10.1. The number of rotatable bonds is 3. The molecule has 1 N–H and O–H groups in total. The molecule has 0 unspecified atom stereocenters. The molecule has 0 bridgehead atoms. The van der Waals surface area contributed by atoms with Crippen LogP contribution in [0.4, 0.5) is 5.69 Å². The van der Waals surface area contributed by atoms with E-state index in [4.69, 9.17) is 0 Å². The van der Waals surface area contributed by atoms with E-state index in [2.05, 4.69) is 11.9 Å². The van der Waals surface area contributed by atoms with Gasteiger partial charge in [0.15, 0.2) is 0 Å². The van der Waals surface area contributed by atoms with E-state index in [0.29, 0.717) is 6.04 Å². The number of nitro benzene ring substituents is 1. The van der Waals surface area contributed by atoms with E-state index in [1.807, 2.05) is 13.8 Å². The first-order valence-electron chi connectivity index (χ1n) is 4.70. The summed E-state index contributed by atoms with van der Waals surface area (Å²) >= 11 is 0. The van der Waals surface area contributed by atoms with Crippen LogP contribution in [0.1, 0.15) is 13.8 Å². The smallest absolute Gasteiger partial charge is 0.270 e. The number of benzene rings is 1. The van der Waals surface area contributed by atoms with Gasteiger partial charge in [0, 0.05) is 29.6 Å². The Morgan fingerprint density at radius 1 is 1.53 bits per heavy atom. The number of nitro groups is 1. The Bertz CT molecular complexity index is 466. The maximum absolute atomic E-state index is 10.6. The Labute approximate surface area is 88.1 Å². The van der Waals surface area contributed by atoms with Gasteiger partial charge in [-0.15, -0.1) is 0 Å². The van der Waals surface area contributed by atoms with E-state index in [-0.39, 0.29) is 5.69 Å². The van der Waals surface area contributed by atoms with Gasteiger partial charge in [-0.25, -0.2) is 0 Å². The molecular formula is C11H14N2O2. The second-order valence-electron chi connectivity index (χ2n) is 3.61. The van der Waals surface area contributed by atoms with Gasteiger partial charge < -0.3 is 5.32 Å². The highest BCUT2D eigenvalue weighted by Gasteiger charge is 2.02. The van der Waals surface area contributed by atoms with Crippen LogP contribution in [-0.2, 0) is 0 Å². The topological polar surface area (TPSA) is 55.2 Å². The highest BCUT2D eigenvalue weighted by molar-refractivity contribution is 5.36. The van der Waals surface area contributed by atoms with E-state index in [9.17, 15) is 10.1 Å². The van der Waals surface area contributed by atoms with Gasteiger partial charge in [-0.3, -0.25) is 10.1 Å². The molecule has 0 heterocycles. The van der Waals surface area contributed by atoms with Crippen molar-refractivity contribution < 1.29 is 4.92 Å². The first-order valence-corrected chi connectivity index (χ1v) is 4.70. The average molecular weight is 206 g/mol. The van der Waals surface area contributed by atoms with Crippen molar-refractivity contribution in [3.8, 4) is 0 Å². The molecule has 4 heteroatoms. The number of hydrogen-bond acceptors (Lipinski definition) is 3. The third-order valence-electron chi connectivity index (χ3n) is 1.91. The molecule has 0 saturated heterocycles. The van der Waals surface area contributed by atoms with Crippen LogP contribution in [0, 0.1) is 10.1 Å². The first-order chi connectivity index (χ1) is 7.00. The van der Waals surface area contributed by atoms with Gasteiger partial charge in [0.1, 0.15) is 0 Å². The summed E-state index contributed by atoms with van der Waals surface area (Å²) < 4.78 is 0. The summed E-state index contributed by atoms with van der Waals surface area (Å²) in [6.45, 7) is 7.80. The molecule has 0 saturated carbocycles. The molecule has 1 aromatic rings. The molecule has 1 aromatic carbocycles. The molecule has 0 aliphatic rings. The molecule has 1 rings (SSSR count). The van der Waals surface area contributed by atoms with Crippen LogP contribution in [0.25, 0.3) is 12.8 Å². The van der Waals surface area contributed by atoms with Gasteiger partial charge in [-0.05, 0) is 25.1 Å². The summed E-state index contributed by atoms with van der Waals surface area (Å²) in [5.74, 6) is 0. The monoisotopic (exact) mass is 206 g/mol. The molecule has 0 spiro atoms. The SMILES string of the molecule is C=c1ccc([N+](=O)[O-])c/c1=C/NC(C)C. The largest absolute Gasteiger partial charge is 0.388 e. The summed E-state index contributed by atoms with van der Waals surface area (Å²) in [6.07, 6.45) is 1.75. The molecule has 80 valence electrons. The fourth-order valence-electron chi connectivity index (χ4n) is 1.09. The normalized spacial score (nSPS) is 11.8. The zero-order chi connectivity index (χ0) is 11.4. The van der Waals surface area contributed by atoms with E-state index >= 15 is 0 Å². The van der Waals surface area contributed by atoms with Gasteiger partial charge in [0.2, 0.25) is 0 Å². The number of nitrogens with one attached hydrogen (secondary N) is 1. The predicted octanol–water partition coefficient (Wildman–Crippen LogP) is 0.741. The van der Waals surface area contributed by atoms with Crippen LogP contribution in [0.5, 0.6) is 0 Å². The van der Waals surface area contributed by atoms with Gasteiger partial charge in [0.05, 0.1) is 4.92 Å². The number of hydrogen-bond donors (Lipinski definition) is 1. The van der Waals surface area contributed by atoms with Gasteiger partial charge in [-0.2, -0.15) is 0 Å².